The summed E-state index contributed by atoms with van der Waals surface area (Å²) in [5.74, 6) is 1.24. The highest BCUT2D eigenvalue weighted by atomic mass is 14.9. The summed E-state index contributed by atoms with van der Waals surface area (Å²) in [6, 6.07) is 4.53. The zero-order valence-electron chi connectivity index (χ0n) is 9.83. The van der Waals surface area contributed by atoms with Gasteiger partial charge in [-0.05, 0) is 30.5 Å². The normalized spacial score (nSPS) is 13.1. The maximum Gasteiger partial charge on any atom is 0.126 e. The molecule has 1 aromatic rings. The molecule has 3 N–H and O–H groups in total. The first-order chi connectivity index (χ1) is 7.09. The molecule has 0 saturated carbocycles. The quantitative estimate of drug-likeness (QED) is 0.774. The van der Waals surface area contributed by atoms with Crippen molar-refractivity contribution in [1.29, 1.82) is 0 Å². The minimum Gasteiger partial charge on any atom is -0.383 e. The summed E-state index contributed by atoms with van der Waals surface area (Å²) in [4.78, 5) is 4.08. The summed E-state index contributed by atoms with van der Waals surface area (Å²) in [5, 5.41) is 3.42. The number of aromatic nitrogens is 1. The summed E-state index contributed by atoms with van der Waals surface area (Å²) in [6.45, 7) is 7.56. The van der Waals surface area contributed by atoms with Crippen molar-refractivity contribution in [2.75, 3.05) is 12.3 Å². The van der Waals surface area contributed by atoms with Gasteiger partial charge in [0.15, 0.2) is 0 Å². The molecule has 3 nitrogen and oxygen atoms in total. The lowest BCUT2D eigenvalue weighted by Crippen LogP contribution is -2.28. The van der Waals surface area contributed by atoms with Gasteiger partial charge in [-0.1, -0.05) is 26.8 Å². The van der Waals surface area contributed by atoms with Crippen LogP contribution in [-0.4, -0.2) is 17.6 Å². The second-order valence-electron chi connectivity index (χ2n) is 4.42. The Hall–Kier alpha value is -1.09. The number of nitrogens with one attached hydrogen (secondary N) is 1. The average Bonchev–Trinajstić information content (AvgIpc) is 2.18. The van der Waals surface area contributed by atoms with E-state index in [0.717, 1.165) is 18.5 Å². The van der Waals surface area contributed by atoms with Crippen molar-refractivity contribution in [1.82, 2.24) is 10.3 Å². The third-order valence-electron chi connectivity index (χ3n) is 2.37. The molecule has 0 radical (unpaired) electrons. The Morgan fingerprint density at radius 3 is 2.73 bits per heavy atom. The smallest absolute Gasteiger partial charge is 0.126 e. The molecule has 0 amide bonds. The van der Waals surface area contributed by atoms with Crippen LogP contribution >= 0.6 is 0 Å². The zero-order valence-corrected chi connectivity index (χ0v) is 9.83. The molecule has 1 unspecified atom stereocenters. The van der Waals surface area contributed by atoms with Crippen molar-refractivity contribution in [2.45, 2.75) is 33.2 Å². The number of hydrogen-bond acceptors (Lipinski definition) is 3. The van der Waals surface area contributed by atoms with Crippen LogP contribution in [0.3, 0.4) is 0 Å². The predicted molar refractivity (Wildman–Crippen MR) is 64.7 cm³/mol. The molecule has 0 bridgehead atoms. The maximum atomic E-state index is 5.79. The lowest BCUT2D eigenvalue weighted by molar-refractivity contribution is 0.476. The predicted octanol–water partition coefficient (Wildman–Crippen LogP) is 1.84. The van der Waals surface area contributed by atoms with Crippen LogP contribution in [0.2, 0.25) is 0 Å². The number of hydrogen-bond donors (Lipinski definition) is 2. The highest BCUT2D eigenvalue weighted by Crippen LogP contribution is 2.12. The van der Waals surface area contributed by atoms with Gasteiger partial charge in [-0.15, -0.1) is 0 Å². The van der Waals surface area contributed by atoms with E-state index in [-0.39, 0.29) is 0 Å². The van der Waals surface area contributed by atoms with E-state index in [0.29, 0.717) is 17.8 Å². The first kappa shape index (κ1) is 12.0. The van der Waals surface area contributed by atoms with Gasteiger partial charge in [-0.3, -0.25) is 0 Å². The van der Waals surface area contributed by atoms with Crippen LogP contribution in [0.25, 0.3) is 0 Å². The van der Waals surface area contributed by atoms with Gasteiger partial charge >= 0.3 is 0 Å². The largest absolute Gasteiger partial charge is 0.383 e. The maximum absolute atomic E-state index is 5.79. The van der Waals surface area contributed by atoms with Gasteiger partial charge in [0, 0.05) is 12.2 Å². The standard InChI is InChI=1S/C12H21N3/c1-9(2)15-8-10(3)7-11-5-4-6-14-12(11)13/h4-6,9-10,15H,7-8H2,1-3H3,(H2,13,14). The third kappa shape index (κ3) is 4.30. The van der Waals surface area contributed by atoms with Crippen molar-refractivity contribution in [2.24, 2.45) is 5.92 Å². The average molecular weight is 207 g/mol. The summed E-state index contributed by atoms with van der Waals surface area (Å²) in [6.07, 6.45) is 2.72. The summed E-state index contributed by atoms with van der Waals surface area (Å²) in [7, 11) is 0. The number of nitrogens with zero attached hydrogens (tertiary/aromatic N) is 1. The Morgan fingerprint density at radius 2 is 2.13 bits per heavy atom. The minimum atomic E-state index is 0.540. The van der Waals surface area contributed by atoms with Gasteiger partial charge in [0.1, 0.15) is 5.82 Å². The molecule has 0 spiro atoms. The van der Waals surface area contributed by atoms with Crippen molar-refractivity contribution >= 4 is 5.82 Å². The second kappa shape index (κ2) is 5.71. The SMILES string of the molecule is CC(CNC(C)C)Cc1cccnc1N. The topological polar surface area (TPSA) is 50.9 Å². The molecule has 0 fully saturated rings. The molecule has 84 valence electrons. The first-order valence-corrected chi connectivity index (χ1v) is 5.52. The summed E-state index contributed by atoms with van der Waals surface area (Å²) in [5.41, 5.74) is 6.94. The van der Waals surface area contributed by atoms with Gasteiger partial charge in [0.2, 0.25) is 0 Å². The Bertz CT molecular complexity index is 297. The fourth-order valence-corrected chi connectivity index (χ4v) is 1.51. The van der Waals surface area contributed by atoms with E-state index in [1.54, 1.807) is 6.20 Å². The summed E-state index contributed by atoms with van der Waals surface area (Å²) < 4.78 is 0. The molecular formula is C12H21N3. The molecule has 0 aliphatic carbocycles. The van der Waals surface area contributed by atoms with E-state index in [1.807, 2.05) is 12.1 Å². The Balaban J connectivity index is 2.44. The molecule has 0 aromatic carbocycles. The zero-order chi connectivity index (χ0) is 11.3. The number of pyridine rings is 1. The molecule has 1 aromatic heterocycles. The Labute approximate surface area is 92.1 Å². The van der Waals surface area contributed by atoms with E-state index < -0.39 is 0 Å². The van der Waals surface area contributed by atoms with Crippen LogP contribution < -0.4 is 11.1 Å². The molecule has 1 rings (SSSR count). The minimum absolute atomic E-state index is 0.540. The van der Waals surface area contributed by atoms with Crippen LogP contribution in [0.5, 0.6) is 0 Å². The van der Waals surface area contributed by atoms with Gasteiger partial charge in [0.05, 0.1) is 0 Å². The van der Waals surface area contributed by atoms with Crippen LogP contribution in [0.15, 0.2) is 18.3 Å². The molecule has 3 heteroatoms. The monoisotopic (exact) mass is 207 g/mol. The lowest BCUT2D eigenvalue weighted by Gasteiger charge is -2.15. The van der Waals surface area contributed by atoms with Crippen LogP contribution in [0.4, 0.5) is 5.82 Å². The number of nitrogens with two attached hydrogens (primary N) is 1. The van der Waals surface area contributed by atoms with Crippen molar-refractivity contribution in [3.05, 3.63) is 23.9 Å². The number of rotatable bonds is 5. The fourth-order valence-electron chi connectivity index (χ4n) is 1.51. The molecule has 1 heterocycles. The van der Waals surface area contributed by atoms with Gasteiger partial charge in [-0.2, -0.15) is 0 Å². The fraction of sp³-hybridized carbons (Fsp3) is 0.583. The lowest BCUT2D eigenvalue weighted by atomic mass is 10.0. The molecular weight excluding hydrogens is 186 g/mol. The van der Waals surface area contributed by atoms with Gasteiger partial charge < -0.3 is 11.1 Å². The van der Waals surface area contributed by atoms with Crippen molar-refractivity contribution < 1.29 is 0 Å². The van der Waals surface area contributed by atoms with Crippen LogP contribution in [0, 0.1) is 5.92 Å². The van der Waals surface area contributed by atoms with E-state index in [1.165, 1.54) is 0 Å². The van der Waals surface area contributed by atoms with Crippen LogP contribution in [-0.2, 0) is 6.42 Å². The molecule has 0 aliphatic rings. The van der Waals surface area contributed by atoms with Gasteiger partial charge in [-0.25, -0.2) is 4.98 Å². The van der Waals surface area contributed by atoms with E-state index in [2.05, 4.69) is 31.1 Å². The third-order valence-corrected chi connectivity index (χ3v) is 2.37. The second-order valence-corrected chi connectivity index (χ2v) is 4.42. The van der Waals surface area contributed by atoms with E-state index in [9.17, 15) is 0 Å². The van der Waals surface area contributed by atoms with Crippen LogP contribution in [0.1, 0.15) is 26.3 Å². The number of nitrogen functional groups attached to an aromatic ring is 1. The first-order valence-electron chi connectivity index (χ1n) is 5.52. The van der Waals surface area contributed by atoms with E-state index in [4.69, 9.17) is 5.73 Å². The molecule has 0 saturated heterocycles. The van der Waals surface area contributed by atoms with Crippen molar-refractivity contribution in [3.63, 3.8) is 0 Å². The molecule has 1 atom stereocenters. The van der Waals surface area contributed by atoms with Crippen molar-refractivity contribution in [3.8, 4) is 0 Å². The summed E-state index contributed by atoms with van der Waals surface area (Å²) >= 11 is 0. The van der Waals surface area contributed by atoms with Gasteiger partial charge in [0.25, 0.3) is 0 Å². The highest BCUT2D eigenvalue weighted by Gasteiger charge is 2.06. The molecule has 15 heavy (non-hydrogen) atoms. The number of anilines is 1. The Kier molecular flexibility index (Phi) is 4.56. The highest BCUT2D eigenvalue weighted by molar-refractivity contribution is 5.38. The van der Waals surface area contributed by atoms with E-state index >= 15 is 0 Å². The Morgan fingerprint density at radius 1 is 1.40 bits per heavy atom. The molecule has 0 aliphatic heterocycles.